The molecule has 0 bridgehead atoms. The molecule has 104 valence electrons. The number of hydrogen-bond donors (Lipinski definition) is 0. The highest BCUT2D eigenvalue weighted by atomic mass is 35.5. The van der Waals surface area contributed by atoms with Crippen molar-refractivity contribution in [3.05, 3.63) is 16.5 Å². The zero-order valence-corrected chi connectivity index (χ0v) is 13.6. The largest absolute Gasteiger partial charge is 0.253 e. The highest BCUT2D eigenvalue weighted by Crippen LogP contribution is 2.31. The third kappa shape index (κ3) is 3.26. The molecule has 0 saturated carbocycles. The zero-order chi connectivity index (χ0) is 13.9. The zero-order valence-electron chi connectivity index (χ0n) is 11.2. The van der Waals surface area contributed by atoms with Crippen LogP contribution < -0.4 is 0 Å². The summed E-state index contributed by atoms with van der Waals surface area (Å²) in [7, 11) is -3.44. The van der Waals surface area contributed by atoms with Crippen molar-refractivity contribution >= 4 is 33.0 Å². The van der Waals surface area contributed by atoms with Crippen molar-refractivity contribution in [1.29, 1.82) is 0 Å². The van der Waals surface area contributed by atoms with Crippen molar-refractivity contribution in [1.82, 2.24) is 4.31 Å². The summed E-state index contributed by atoms with van der Waals surface area (Å²) >= 11 is 6.95. The number of hydrogen-bond acceptors (Lipinski definition) is 3. The van der Waals surface area contributed by atoms with Crippen molar-refractivity contribution in [2.45, 2.75) is 56.8 Å². The first-order valence-electron chi connectivity index (χ1n) is 6.13. The first kappa shape index (κ1) is 16.0. The molecule has 0 radical (unpaired) electrons. The molecule has 1 heterocycles. The Hall–Kier alpha value is -0.100. The molecule has 0 saturated heterocycles. The average Bonchev–Trinajstić information content (AvgIpc) is 2.76. The summed E-state index contributed by atoms with van der Waals surface area (Å²) in [5, 5.41) is 0. The number of rotatable bonds is 6. The van der Waals surface area contributed by atoms with E-state index < -0.39 is 10.0 Å². The quantitative estimate of drug-likeness (QED) is 0.797. The third-order valence-electron chi connectivity index (χ3n) is 3.13. The van der Waals surface area contributed by atoms with Gasteiger partial charge in [0.25, 0.3) is 10.0 Å². The number of thiophene rings is 1. The fourth-order valence-electron chi connectivity index (χ4n) is 1.81. The van der Waals surface area contributed by atoms with Gasteiger partial charge in [0.2, 0.25) is 0 Å². The first-order valence-corrected chi connectivity index (χ1v) is 8.76. The Morgan fingerprint density at radius 3 is 2.06 bits per heavy atom. The molecule has 3 nitrogen and oxygen atoms in total. The minimum absolute atomic E-state index is 0.00849. The molecule has 0 fully saturated rings. The maximum absolute atomic E-state index is 12.6. The van der Waals surface area contributed by atoms with Crippen LogP contribution in [0.3, 0.4) is 0 Å². The van der Waals surface area contributed by atoms with E-state index in [0.29, 0.717) is 8.55 Å². The monoisotopic (exact) mass is 309 g/mol. The lowest BCUT2D eigenvalue weighted by atomic mass is 10.2. The second-order valence-electron chi connectivity index (χ2n) is 4.41. The standard InChI is InChI=1S/C12H20ClNO2S2/c1-5-9(3)14(10(4)6-2)18(15,16)12-8-7-11(13)17-12/h7-10H,5-6H2,1-4H3. The van der Waals surface area contributed by atoms with Crippen molar-refractivity contribution in [2.24, 2.45) is 0 Å². The lowest BCUT2D eigenvalue weighted by Gasteiger charge is -2.32. The smallest absolute Gasteiger partial charge is 0.206 e. The van der Waals surface area contributed by atoms with Crippen LogP contribution in [0.15, 0.2) is 16.3 Å². The van der Waals surface area contributed by atoms with Crippen LogP contribution in [0.5, 0.6) is 0 Å². The molecule has 18 heavy (non-hydrogen) atoms. The van der Waals surface area contributed by atoms with Crippen LogP contribution >= 0.6 is 22.9 Å². The normalized spacial score (nSPS) is 15.9. The van der Waals surface area contributed by atoms with Gasteiger partial charge in [0.15, 0.2) is 0 Å². The SMILES string of the molecule is CCC(C)N(C(C)CC)S(=O)(=O)c1ccc(Cl)s1. The molecule has 0 aromatic carbocycles. The van der Waals surface area contributed by atoms with E-state index in [-0.39, 0.29) is 12.1 Å². The summed E-state index contributed by atoms with van der Waals surface area (Å²) in [6, 6.07) is 3.20. The Kier molecular flexibility index (Phi) is 5.65. The van der Waals surface area contributed by atoms with Gasteiger partial charge in [-0.25, -0.2) is 8.42 Å². The Morgan fingerprint density at radius 1 is 1.22 bits per heavy atom. The van der Waals surface area contributed by atoms with Crippen molar-refractivity contribution in [3.63, 3.8) is 0 Å². The lowest BCUT2D eigenvalue weighted by molar-refractivity contribution is 0.263. The van der Waals surface area contributed by atoms with E-state index in [9.17, 15) is 8.42 Å². The molecular weight excluding hydrogens is 290 g/mol. The van der Waals surface area contributed by atoms with Crippen LogP contribution in [0.4, 0.5) is 0 Å². The maximum atomic E-state index is 12.6. The molecule has 0 spiro atoms. The van der Waals surface area contributed by atoms with Gasteiger partial charge in [0.05, 0.1) is 4.34 Å². The maximum Gasteiger partial charge on any atom is 0.253 e. The third-order valence-corrected chi connectivity index (χ3v) is 6.96. The molecule has 0 aliphatic rings. The minimum atomic E-state index is -3.44. The van der Waals surface area contributed by atoms with Crippen molar-refractivity contribution in [2.75, 3.05) is 0 Å². The fraction of sp³-hybridized carbons (Fsp3) is 0.667. The van der Waals surface area contributed by atoms with E-state index in [0.717, 1.165) is 24.2 Å². The van der Waals surface area contributed by atoms with Crippen LogP contribution in [-0.4, -0.2) is 24.8 Å². The van der Waals surface area contributed by atoms with Gasteiger partial charge in [-0.3, -0.25) is 0 Å². The van der Waals surface area contributed by atoms with Crippen LogP contribution in [-0.2, 0) is 10.0 Å². The Labute approximate surface area is 119 Å². The first-order chi connectivity index (χ1) is 8.34. The van der Waals surface area contributed by atoms with Gasteiger partial charge >= 0.3 is 0 Å². The minimum Gasteiger partial charge on any atom is -0.206 e. The van der Waals surface area contributed by atoms with Gasteiger partial charge in [-0.05, 0) is 38.8 Å². The van der Waals surface area contributed by atoms with E-state index in [4.69, 9.17) is 11.6 Å². The molecule has 1 aromatic rings. The summed E-state index contributed by atoms with van der Waals surface area (Å²) in [4.78, 5) is 0. The highest BCUT2D eigenvalue weighted by Gasteiger charge is 2.32. The Balaban J connectivity index is 3.19. The lowest BCUT2D eigenvalue weighted by Crippen LogP contribution is -2.43. The molecule has 2 atom stereocenters. The van der Waals surface area contributed by atoms with Gasteiger partial charge in [0, 0.05) is 12.1 Å². The molecule has 0 amide bonds. The van der Waals surface area contributed by atoms with E-state index in [1.54, 1.807) is 16.4 Å². The summed E-state index contributed by atoms with van der Waals surface area (Å²) in [5.74, 6) is 0. The molecule has 2 unspecified atom stereocenters. The van der Waals surface area contributed by atoms with Gasteiger partial charge in [-0.1, -0.05) is 25.4 Å². The summed E-state index contributed by atoms with van der Waals surface area (Å²) in [6.45, 7) is 7.88. The van der Waals surface area contributed by atoms with Gasteiger partial charge < -0.3 is 0 Å². The molecule has 0 N–H and O–H groups in total. The summed E-state index contributed by atoms with van der Waals surface area (Å²) < 4.78 is 27.7. The average molecular weight is 310 g/mol. The highest BCUT2D eigenvalue weighted by molar-refractivity contribution is 7.91. The predicted octanol–water partition coefficient (Wildman–Crippen LogP) is 3.99. The van der Waals surface area contributed by atoms with E-state index >= 15 is 0 Å². The van der Waals surface area contributed by atoms with Crippen LogP contribution in [0, 0.1) is 0 Å². The van der Waals surface area contributed by atoms with Crippen LogP contribution in [0.1, 0.15) is 40.5 Å². The van der Waals surface area contributed by atoms with Gasteiger partial charge in [0.1, 0.15) is 4.21 Å². The molecule has 6 heteroatoms. The Bertz CT molecular complexity index is 474. The Morgan fingerprint density at radius 2 is 1.72 bits per heavy atom. The molecule has 0 aliphatic heterocycles. The second kappa shape index (κ2) is 6.37. The molecule has 1 aromatic heterocycles. The van der Waals surface area contributed by atoms with E-state index in [1.807, 2.05) is 27.7 Å². The van der Waals surface area contributed by atoms with Gasteiger partial charge in [-0.15, -0.1) is 11.3 Å². The van der Waals surface area contributed by atoms with Crippen LogP contribution in [0.2, 0.25) is 4.34 Å². The number of halogens is 1. The van der Waals surface area contributed by atoms with Crippen LogP contribution in [0.25, 0.3) is 0 Å². The molecule has 0 aliphatic carbocycles. The van der Waals surface area contributed by atoms with E-state index in [2.05, 4.69) is 0 Å². The number of sulfonamides is 1. The second-order valence-corrected chi connectivity index (χ2v) is 8.19. The molecular formula is C12H20ClNO2S2. The topological polar surface area (TPSA) is 37.4 Å². The fourth-order valence-corrected chi connectivity index (χ4v) is 5.36. The van der Waals surface area contributed by atoms with Crippen molar-refractivity contribution < 1.29 is 8.42 Å². The predicted molar refractivity (Wildman–Crippen MR) is 77.9 cm³/mol. The summed E-state index contributed by atoms with van der Waals surface area (Å²) in [6.07, 6.45) is 1.59. The molecule has 1 rings (SSSR count). The van der Waals surface area contributed by atoms with Crippen molar-refractivity contribution in [3.8, 4) is 0 Å². The van der Waals surface area contributed by atoms with E-state index in [1.165, 1.54) is 0 Å². The summed E-state index contributed by atoms with van der Waals surface area (Å²) in [5.41, 5.74) is 0. The van der Waals surface area contributed by atoms with Gasteiger partial charge in [-0.2, -0.15) is 4.31 Å². The number of nitrogens with zero attached hydrogens (tertiary/aromatic N) is 1.